The van der Waals surface area contributed by atoms with Crippen molar-refractivity contribution in [3.05, 3.63) is 36.7 Å². The third-order valence-electron chi connectivity index (χ3n) is 2.09. The van der Waals surface area contributed by atoms with Crippen LogP contribution in [0.5, 0.6) is 5.75 Å². The van der Waals surface area contributed by atoms with Crippen LogP contribution < -0.4 is 15.4 Å². The van der Waals surface area contributed by atoms with Crippen LogP contribution in [0.15, 0.2) is 30.9 Å². The van der Waals surface area contributed by atoms with Gasteiger partial charge >= 0.3 is 0 Å². The summed E-state index contributed by atoms with van der Waals surface area (Å²) in [7, 11) is 0. The summed E-state index contributed by atoms with van der Waals surface area (Å²) in [6.45, 7) is 6.40. The van der Waals surface area contributed by atoms with Gasteiger partial charge in [0, 0.05) is 18.3 Å². The summed E-state index contributed by atoms with van der Waals surface area (Å²) in [5, 5.41) is 5.43. The molecule has 5 heteroatoms. The zero-order valence-corrected chi connectivity index (χ0v) is 10.3. The Kier molecular flexibility index (Phi) is 5.87. The van der Waals surface area contributed by atoms with Gasteiger partial charge in [0.05, 0.1) is 13.2 Å². The number of nitrogens with one attached hydrogen (secondary N) is 2. The van der Waals surface area contributed by atoms with E-state index < -0.39 is 5.82 Å². The average Bonchev–Trinajstić information content (AvgIpc) is 2.33. The lowest BCUT2D eigenvalue weighted by Crippen LogP contribution is -2.28. The Bertz CT molecular complexity index is 421. The molecule has 4 nitrogen and oxygen atoms in total. The van der Waals surface area contributed by atoms with E-state index in [4.69, 9.17) is 4.74 Å². The topological polar surface area (TPSA) is 50.4 Å². The zero-order valence-electron chi connectivity index (χ0n) is 10.3. The molecule has 0 fully saturated rings. The van der Waals surface area contributed by atoms with Crippen LogP contribution >= 0.6 is 0 Å². The number of hydrogen-bond acceptors (Lipinski definition) is 3. The molecule has 1 amide bonds. The highest BCUT2D eigenvalue weighted by Crippen LogP contribution is 2.20. The van der Waals surface area contributed by atoms with E-state index in [1.165, 1.54) is 12.1 Å². The van der Waals surface area contributed by atoms with Crippen molar-refractivity contribution in [3.8, 4) is 5.75 Å². The van der Waals surface area contributed by atoms with Crippen LogP contribution in [0, 0.1) is 5.82 Å². The first kappa shape index (κ1) is 14.2. The molecule has 18 heavy (non-hydrogen) atoms. The number of rotatable bonds is 7. The average molecular weight is 252 g/mol. The maximum absolute atomic E-state index is 13.5. The molecule has 2 N–H and O–H groups in total. The molecule has 0 saturated carbocycles. The maximum Gasteiger partial charge on any atom is 0.238 e. The number of hydrogen-bond donors (Lipinski definition) is 2. The first-order valence-corrected chi connectivity index (χ1v) is 5.71. The molecular formula is C13H17FN2O2. The maximum atomic E-state index is 13.5. The van der Waals surface area contributed by atoms with Crippen molar-refractivity contribution in [1.82, 2.24) is 5.32 Å². The third kappa shape index (κ3) is 4.55. The molecule has 0 saturated heterocycles. The molecule has 0 spiro atoms. The number of benzene rings is 1. The van der Waals surface area contributed by atoms with Gasteiger partial charge in [-0.25, -0.2) is 4.39 Å². The van der Waals surface area contributed by atoms with Crippen molar-refractivity contribution in [2.45, 2.75) is 6.92 Å². The summed E-state index contributed by atoms with van der Waals surface area (Å²) in [5.74, 6) is -0.547. The van der Waals surface area contributed by atoms with Gasteiger partial charge in [0.1, 0.15) is 0 Å². The monoisotopic (exact) mass is 252 g/mol. The minimum absolute atomic E-state index is 0.154. The molecule has 0 aliphatic carbocycles. The molecule has 98 valence electrons. The highest BCUT2D eigenvalue weighted by Gasteiger charge is 2.06. The van der Waals surface area contributed by atoms with Crippen molar-refractivity contribution in [2.75, 3.05) is 25.0 Å². The van der Waals surface area contributed by atoms with Crippen LogP contribution in [0.3, 0.4) is 0 Å². The molecule has 0 bridgehead atoms. The molecular weight excluding hydrogens is 235 g/mol. The van der Waals surface area contributed by atoms with E-state index in [1.807, 2.05) is 0 Å². The summed E-state index contributed by atoms with van der Waals surface area (Å²) in [6, 6.07) is 4.32. The van der Waals surface area contributed by atoms with Gasteiger partial charge < -0.3 is 15.4 Å². The van der Waals surface area contributed by atoms with Gasteiger partial charge in [0.15, 0.2) is 11.6 Å². The molecule has 0 aliphatic rings. The lowest BCUT2D eigenvalue weighted by atomic mass is 10.3. The summed E-state index contributed by atoms with van der Waals surface area (Å²) >= 11 is 0. The minimum atomic E-state index is -0.492. The normalized spacial score (nSPS) is 9.89. The number of amides is 1. The van der Waals surface area contributed by atoms with Crippen LogP contribution in [0.2, 0.25) is 0 Å². The highest BCUT2D eigenvalue weighted by atomic mass is 19.1. The first-order valence-electron chi connectivity index (χ1n) is 5.71. The van der Waals surface area contributed by atoms with Crippen molar-refractivity contribution in [3.63, 3.8) is 0 Å². The van der Waals surface area contributed by atoms with E-state index in [-0.39, 0.29) is 18.2 Å². The van der Waals surface area contributed by atoms with Crippen LogP contribution in [0.25, 0.3) is 0 Å². The van der Waals surface area contributed by atoms with E-state index in [2.05, 4.69) is 17.2 Å². The van der Waals surface area contributed by atoms with Crippen molar-refractivity contribution in [1.29, 1.82) is 0 Å². The molecule has 0 heterocycles. The van der Waals surface area contributed by atoms with Gasteiger partial charge in [-0.05, 0) is 19.1 Å². The Morgan fingerprint density at radius 3 is 2.94 bits per heavy atom. The Labute approximate surface area is 106 Å². The van der Waals surface area contributed by atoms with Crippen LogP contribution in [-0.2, 0) is 4.79 Å². The third-order valence-corrected chi connectivity index (χ3v) is 2.09. The van der Waals surface area contributed by atoms with Crippen molar-refractivity contribution < 1.29 is 13.9 Å². The lowest BCUT2D eigenvalue weighted by molar-refractivity contribution is -0.115. The minimum Gasteiger partial charge on any atom is -0.491 e. The van der Waals surface area contributed by atoms with Crippen molar-refractivity contribution >= 4 is 11.6 Å². The Morgan fingerprint density at radius 2 is 2.33 bits per heavy atom. The molecule has 0 aromatic heterocycles. The van der Waals surface area contributed by atoms with Crippen LogP contribution in [-0.4, -0.2) is 25.6 Å². The summed E-state index contributed by atoms with van der Waals surface area (Å²) in [5.41, 5.74) is 0.404. The second-order valence-electron chi connectivity index (χ2n) is 3.55. The van der Waals surface area contributed by atoms with Gasteiger partial charge in [-0.2, -0.15) is 0 Å². The van der Waals surface area contributed by atoms with Gasteiger partial charge in [-0.3, -0.25) is 4.79 Å². The van der Waals surface area contributed by atoms with Crippen molar-refractivity contribution in [2.24, 2.45) is 0 Å². The zero-order chi connectivity index (χ0) is 13.4. The Morgan fingerprint density at radius 1 is 1.56 bits per heavy atom. The second-order valence-corrected chi connectivity index (χ2v) is 3.55. The van der Waals surface area contributed by atoms with Crippen LogP contribution in [0.1, 0.15) is 6.92 Å². The Hall–Kier alpha value is -1.88. The smallest absolute Gasteiger partial charge is 0.238 e. The number of carbonyl (C=O) groups is 1. The fourth-order valence-electron chi connectivity index (χ4n) is 1.34. The molecule has 1 aromatic rings. The standard InChI is InChI=1S/C13H17FN2O2/c1-3-7-15-9-13(17)16-10-5-6-12(18-4-2)11(14)8-10/h3,5-6,8,15H,1,4,7,9H2,2H3,(H,16,17). The summed E-state index contributed by atoms with van der Waals surface area (Å²) < 4.78 is 18.6. The molecule has 1 aromatic carbocycles. The van der Waals surface area contributed by atoms with E-state index in [9.17, 15) is 9.18 Å². The SMILES string of the molecule is C=CCNCC(=O)Nc1ccc(OCC)c(F)c1. The number of ether oxygens (including phenoxy) is 1. The molecule has 0 radical (unpaired) electrons. The van der Waals surface area contributed by atoms with Gasteiger partial charge in [0.25, 0.3) is 0 Å². The van der Waals surface area contributed by atoms with Crippen LogP contribution in [0.4, 0.5) is 10.1 Å². The van der Waals surface area contributed by atoms with E-state index >= 15 is 0 Å². The predicted octanol–water partition coefficient (Wildman–Crippen LogP) is 1.94. The van der Waals surface area contributed by atoms with E-state index in [1.54, 1.807) is 19.1 Å². The quantitative estimate of drug-likeness (QED) is 0.576. The van der Waals surface area contributed by atoms with E-state index in [0.717, 1.165) is 0 Å². The first-order chi connectivity index (χ1) is 8.67. The molecule has 0 aliphatic heterocycles. The predicted molar refractivity (Wildman–Crippen MR) is 69.3 cm³/mol. The largest absolute Gasteiger partial charge is 0.491 e. The summed E-state index contributed by atoms with van der Waals surface area (Å²) in [4.78, 5) is 11.4. The fourth-order valence-corrected chi connectivity index (χ4v) is 1.34. The second kappa shape index (κ2) is 7.45. The van der Waals surface area contributed by atoms with Gasteiger partial charge in [0.2, 0.25) is 5.91 Å². The number of carbonyl (C=O) groups excluding carboxylic acids is 1. The summed E-state index contributed by atoms with van der Waals surface area (Å²) in [6.07, 6.45) is 1.66. The van der Waals surface area contributed by atoms with Gasteiger partial charge in [-0.15, -0.1) is 6.58 Å². The molecule has 0 atom stereocenters. The van der Waals surface area contributed by atoms with E-state index in [0.29, 0.717) is 18.8 Å². The van der Waals surface area contributed by atoms with Gasteiger partial charge in [-0.1, -0.05) is 6.08 Å². The number of halogens is 1. The Balaban J connectivity index is 2.54. The fraction of sp³-hybridized carbons (Fsp3) is 0.308. The number of anilines is 1. The molecule has 0 unspecified atom stereocenters. The molecule has 1 rings (SSSR count). The highest BCUT2D eigenvalue weighted by molar-refractivity contribution is 5.92. The lowest BCUT2D eigenvalue weighted by Gasteiger charge is -2.08.